The minimum absolute atomic E-state index is 0.0836. The number of carbonyl (C=O) groups excluding carboxylic acids is 1. The zero-order chi connectivity index (χ0) is 19.6. The molecule has 1 fully saturated rings. The highest BCUT2D eigenvalue weighted by atomic mass is 19.1. The summed E-state index contributed by atoms with van der Waals surface area (Å²) < 4.78 is 19.2. The third-order valence-electron chi connectivity index (χ3n) is 6.02. The molecule has 2 aliphatic heterocycles. The van der Waals surface area contributed by atoms with Crippen molar-refractivity contribution in [2.24, 2.45) is 5.41 Å². The highest BCUT2D eigenvalue weighted by Gasteiger charge is 2.38. The Morgan fingerprint density at radius 1 is 1.21 bits per heavy atom. The van der Waals surface area contributed by atoms with E-state index in [-0.39, 0.29) is 23.2 Å². The standard InChI is InChI=1S/C23H27FN2O2/c1-23(9-11-26(12-10-23)15-17-5-3-2-4-6-17)22(27)25-20-14-18-13-19(24)7-8-21(18)28-16-20/h2-8,13,20H,9-12,14-16H2,1H3,(H,25,27). The van der Waals surface area contributed by atoms with Crippen LogP contribution in [0.4, 0.5) is 4.39 Å². The van der Waals surface area contributed by atoms with Crippen LogP contribution in [0.5, 0.6) is 5.75 Å². The summed E-state index contributed by atoms with van der Waals surface area (Å²) in [7, 11) is 0. The quantitative estimate of drug-likeness (QED) is 0.879. The van der Waals surface area contributed by atoms with Crippen molar-refractivity contribution in [1.29, 1.82) is 0 Å². The van der Waals surface area contributed by atoms with Gasteiger partial charge in [-0.2, -0.15) is 0 Å². The topological polar surface area (TPSA) is 41.6 Å². The number of fused-ring (bicyclic) bond motifs is 1. The van der Waals surface area contributed by atoms with E-state index < -0.39 is 0 Å². The highest BCUT2D eigenvalue weighted by molar-refractivity contribution is 5.82. The molecule has 2 aromatic carbocycles. The van der Waals surface area contributed by atoms with Crippen molar-refractivity contribution >= 4 is 5.91 Å². The van der Waals surface area contributed by atoms with Crippen molar-refractivity contribution < 1.29 is 13.9 Å². The van der Waals surface area contributed by atoms with E-state index in [0.29, 0.717) is 18.8 Å². The van der Waals surface area contributed by atoms with Crippen LogP contribution in [0.25, 0.3) is 0 Å². The number of rotatable bonds is 4. The van der Waals surface area contributed by atoms with E-state index in [4.69, 9.17) is 4.74 Å². The van der Waals surface area contributed by atoms with Gasteiger partial charge in [-0.25, -0.2) is 4.39 Å². The second kappa shape index (κ2) is 7.92. The molecule has 4 rings (SSSR count). The summed E-state index contributed by atoms with van der Waals surface area (Å²) in [5.74, 6) is 0.528. The molecule has 28 heavy (non-hydrogen) atoms. The summed E-state index contributed by atoms with van der Waals surface area (Å²) in [4.78, 5) is 15.4. The third-order valence-corrected chi connectivity index (χ3v) is 6.02. The van der Waals surface area contributed by atoms with E-state index in [2.05, 4.69) is 41.4 Å². The molecule has 4 nitrogen and oxygen atoms in total. The van der Waals surface area contributed by atoms with Gasteiger partial charge in [0.2, 0.25) is 5.91 Å². The van der Waals surface area contributed by atoms with Crippen molar-refractivity contribution in [3.63, 3.8) is 0 Å². The Hall–Kier alpha value is -2.40. The molecule has 0 radical (unpaired) electrons. The van der Waals surface area contributed by atoms with Gasteiger partial charge >= 0.3 is 0 Å². The van der Waals surface area contributed by atoms with E-state index in [9.17, 15) is 9.18 Å². The van der Waals surface area contributed by atoms with Gasteiger partial charge in [0.1, 0.15) is 18.2 Å². The number of likely N-dealkylation sites (tertiary alicyclic amines) is 1. The van der Waals surface area contributed by atoms with Gasteiger partial charge in [-0.05, 0) is 61.7 Å². The fourth-order valence-corrected chi connectivity index (χ4v) is 4.09. The van der Waals surface area contributed by atoms with Gasteiger partial charge < -0.3 is 10.1 Å². The van der Waals surface area contributed by atoms with E-state index in [1.54, 1.807) is 6.07 Å². The highest BCUT2D eigenvalue weighted by Crippen LogP contribution is 2.32. The molecule has 148 valence electrons. The average Bonchev–Trinajstić information content (AvgIpc) is 2.70. The molecule has 2 aromatic rings. The monoisotopic (exact) mass is 382 g/mol. The first kappa shape index (κ1) is 18.9. The molecule has 5 heteroatoms. The van der Waals surface area contributed by atoms with Crippen LogP contribution in [-0.4, -0.2) is 36.5 Å². The lowest BCUT2D eigenvalue weighted by Crippen LogP contribution is -2.52. The molecular formula is C23H27FN2O2. The lowest BCUT2D eigenvalue weighted by atomic mass is 9.79. The van der Waals surface area contributed by atoms with E-state index in [1.807, 2.05) is 6.07 Å². The Morgan fingerprint density at radius 2 is 1.96 bits per heavy atom. The first-order chi connectivity index (χ1) is 13.5. The minimum Gasteiger partial charge on any atom is -0.491 e. The van der Waals surface area contributed by atoms with Crippen LogP contribution in [0.3, 0.4) is 0 Å². The number of nitrogens with one attached hydrogen (secondary N) is 1. The fraction of sp³-hybridized carbons (Fsp3) is 0.435. The Morgan fingerprint density at radius 3 is 2.71 bits per heavy atom. The molecule has 2 heterocycles. The lowest BCUT2D eigenvalue weighted by Gasteiger charge is -2.39. The van der Waals surface area contributed by atoms with Crippen LogP contribution in [0.2, 0.25) is 0 Å². The number of amides is 1. The molecule has 1 saturated heterocycles. The predicted octanol–water partition coefficient (Wildman–Crippen LogP) is 3.55. The number of carbonyl (C=O) groups is 1. The smallest absolute Gasteiger partial charge is 0.226 e. The van der Waals surface area contributed by atoms with Crippen molar-refractivity contribution in [2.75, 3.05) is 19.7 Å². The molecule has 1 N–H and O–H groups in total. The second-order valence-corrected chi connectivity index (χ2v) is 8.26. The molecule has 2 aliphatic rings. The summed E-state index contributed by atoms with van der Waals surface area (Å²) in [5.41, 5.74) is 1.76. The number of halogens is 1. The second-order valence-electron chi connectivity index (χ2n) is 8.26. The Balaban J connectivity index is 1.31. The molecule has 0 bridgehead atoms. The molecule has 0 saturated carbocycles. The molecular weight excluding hydrogens is 355 g/mol. The van der Waals surface area contributed by atoms with Crippen LogP contribution >= 0.6 is 0 Å². The Bertz CT molecular complexity index is 832. The predicted molar refractivity (Wildman–Crippen MR) is 107 cm³/mol. The van der Waals surface area contributed by atoms with E-state index in [0.717, 1.165) is 38.0 Å². The van der Waals surface area contributed by atoms with E-state index in [1.165, 1.54) is 17.7 Å². The van der Waals surface area contributed by atoms with Gasteiger partial charge in [0.25, 0.3) is 0 Å². The summed E-state index contributed by atoms with van der Waals surface area (Å²) >= 11 is 0. The average molecular weight is 382 g/mol. The van der Waals surface area contributed by atoms with Gasteiger partial charge in [-0.15, -0.1) is 0 Å². The lowest BCUT2D eigenvalue weighted by molar-refractivity contribution is -0.134. The maximum Gasteiger partial charge on any atom is 0.226 e. The Kier molecular flexibility index (Phi) is 5.36. The van der Waals surface area contributed by atoms with Crippen molar-refractivity contribution in [3.8, 4) is 5.75 Å². The normalized spacial score (nSPS) is 21.4. The van der Waals surface area contributed by atoms with Gasteiger partial charge in [0.15, 0.2) is 0 Å². The minimum atomic E-state index is -0.366. The first-order valence-corrected chi connectivity index (χ1v) is 10.0. The largest absolute Gasteiger partial charge is 0.491 e. The molecule has 0 aromatic heterocycles. The fourth-order valence-electron chi connectivity index (χ4n) is 4.09. The van der Waals surface area contributed by atoms with Gasteiger partial charge in [-0.3, -0.25) is 9.69 Å². The van der Waals surface area contributed by atoms with Crippen molar-refractivity contribution in [3.05, 3.63) is 65.5 Å². The number of nitrogens with zero attached hydrogens (tertiary/aromatic N) is 1. The molecule has 0 aliphatic carbocycles. The zero-order valence-corrected chi connectivity index (χ0v) is 16.3. The number of hydrogen-bond acceptors (Lipinski definition) is 3. The molecule has 1 unspecified atom stereocenters. The van der Waals surface area contributed by atoms with Crippen LogP contribution in [0.1, 0.15) is 30.9 Å². The van der Waals surface area contributed by atoms with Crippen LogP contribution in [0.15, 0.2) is 48.5 Å². The van der Waals surface area contributed by atoms with Crippen LogP contribution in [-0.2, 0) is 17.8 Å². The number of ether oxygens (including phenoxy) is 1. The summed E-state index contributed by atoms with van der Waals surface area (Å²) in [6.07, 6.45) is 2.28. The maximum absolute atomic E-state index is 13.5. The van der Waals surface area contributed by atoms with E-state index >= 15 is 0 Å². The van der Waals surface area contributed by atoms with Crippen molar-refractivity contribution in [1.82, 2.24) is 10.2 Å². The number of benzene rings is 2. The van der Waals surface area contributed by atoms with Crippen LogP contribution in [0, 0.1) is 11.2 Å². The third kappa shape index (κ3) is 4.20. The summed E-state index contributed by atoms with van der Waals surface area (Å²) in [6, 6.07) is 14.9. The zero-order valence-electron chi connectivity index (χ0n) is 16.3. The van der Waals surface area contributed by atoms with Gasteiger partial charge in [0, 0.05) is 12.0 Å². The maximum atomic E-state index is 13.5. The number of hydrogen-bond donors (Lipinski definition) is 1. The number of piperidine rings is 1. The van der Waals surface area contributed by atoms with Crippen LogP contribution < -0.4 is 10.1 Å². The van der Waals surface area contributed by atoms with Gasteiger partial charge in [-0.1, -0.05) is 37.3 Å². The van der Waals surface area contributed by atoms with Gasteiger partial charge in [0.05, 0.1) is 6.04 Å². The molecule has 1 atom stereocenters. The SMILES string of the molecule is CC1(C(=O)NC2COc3ccc(F)cc3C2)CCN(Cc2ccccc2)CC1. The summed E-state index contributed by atoms with van der Waals surface area (Å²) in [6.45, 7) is 5.24. The molecule has 0 spiro atoms. The summed E-state index contributed by atoms with van der Waals surface area (Å²) in [5, 5.41) is 3.15. The van der Waals surface area contributed by atoms with Crippen molar-refractivity contribution in [2.45, 2.75) is 38.8 Å². The Labute approximate surface area is 165 Å². The molecule has 1 amide bonds. The first-order valence-electron chi connectivity index (χ1n) is 10.0.